The number of fused-ring (bicyclic) bond motifs is 1. The van der Waals surface area contributed by atoms with E-state index >= 15 is 0 Å². The molecule has 1 atom stereocenters. The van der Waals surface area contributed by atoms with Crippen molar-refractivity contribution in [2.45, 2.75) is 13.0 Å². The molecule has 112 valence electrons. The summed E-state index contributed by atoms with van der Waals surface area (Å²) in [5, 5.41) is 1.03. The molecule has 1 aromatic heterocycles. The predicted octanol–water partition coefficient (Wildman–Crippen LogP) is 1.82. The summed E-state index contributed by atoms with van der Waals surface area (Å²) in [5.41, 5.74) is 1.98. The third kappa shape index (κ3) is 3.07. The van der Waals surface area contributed by atoms with Gasteiger partial charge in [-0.3, -0.25) is 4.79 Å². The summed E-state index contributed by atoms with van der Waals surface area (Å²) < 4.78 is 34.1. The van der Waals surface area contributed by atoms with E-state index in [0.29, 0.717) is 6.54 Å². The van der Waals surface area contributed by atoms with Crippen LogP contribution in [0.25, 0.3) is 10.9 Å². The molecule has 7 heteroatoms. The summed E-state index contributed by atoms with van der Waals surface area (Å²) in [7, 11) is -4.54. The van der Waals surface area contributed by atoms with Crippen LogP contribution in [-0.2, 0) is 21.6 Å². The first-order valence-corrected chi connectivity index (χ1v) is 8.23. The van der Waals surface area contributed by atoms with Gasteiger partial charge in [-0.15, -0.1) is 3.89 Å². The van der Waals surface area contributed by atoms with Crippen LogP contribution in [0.15, 0.2) is 30.5 Å². The Morgan fingerprint density at radius 2 is 2.14 bits per heavy atom. The first-order chi connectivity index (χ1) is 9.92. The molecule has 0 aliphatic carbocycles. The van der Waals surface area contributed by atoms with E-state index in [1.54, 1.807) is 4.90 Å². The third-order valence-electron chi connectivity index (χ3n) is 3.78. The number of hydrogen-bond acceptors (Lipinski definition) is 3. The lowest BCUT2D eigenvalue weighted by molar-refractivity contribution is -0.128. The van der Waals surface area contributed by atoms with Gasteiger partial charge in [0.05, 0.1) is 5.75 Å². The largest absolute Gasteiger partial charge is 0.361 e. The van der Waals surface area contributed by atoms with Crippen LogP contribution in [-0.4, -0.2) is 36.5 Å². The molecule has 0 saturated carbocycles. The van der Waals surface area contributed by atoms with Crippen LogP contribution in [0.1, 0.15) is 12.0 Å². The van der Waals surface area contributed by atoms with Gasteiger partial charge >= 0.3 is 10.2 Å². The second-order valence-electron chi connectivity index (χ2n) is 5.41. The molecule has 1 amide bonds. The predicted molar refractivity (Wildman–Crippen MR) is 76.7 cm³/mol. The summed E-state index contributed by atoms with van der Waals surface area (Å²) in [5.74, 6) is -1.17. The average Bonchev–Trinajstić information content (AvgIpc) is 2.95. The number of hydrogen-bond donors (Lipinski definition) is 1. The number of amides is 1. The van der Waals surface area contributed by atoms with Crippen molar-refractivity contribution in [1.82, 2.24) is 9.88 Å². The zero-order valence-electron chi connectivity index (χ0n) is 11.3. The lowest BCUT2D eigenvalue weighted by atomic mass is 10.1. The highest BCUT2D eigenvalue weighted by Gasteiger charge is 2.32. The minimum atomic E-state index is -4.54. The molecular formula is C14H15FN2O3S. The Hall–Kier alpha value is -1.89. The number of H-pyrrole nitrogens is 1. The van der Waals surface area contributed by atoms with Gasteiger partial charge in [0.1, 0.15) is 0 Å². The van der Waals surface area contributed by atoms with Crippen molar-refractivity contribution < 1.29 is 17.1 Å². The number of rotatable bonds is 4. The zero-order valence-corrected chi connectivity index (χ0v) is 12.1. The van der Waals surface area contributed by atoms with Gasteiger partial charge in [-0.05, 0) is 17.7 Å². The molecule has 21 heavy (non-hydrogen) atoms. The van der Waals surface area contributed by atoms with Crippen LogP contribution in [0, 0.1) is 5.92 Å². The second-order valence-corrected chi connectivity index (χ2v) is 6.82. The van der Waals surface area contributed by atoms with Gasteiger partial charge in [-0.2, -0.15) is 8.42 Å². The number of aromatic amines is 1. The summed E-state index contributed by atoms with van der Waals surface area (Å²) in [6.45, 7) is 0.694. The van der Waals surface area contributed by atoms with Crippen LogP contribution in [0.2, 0.25) is 0 Å². The molecule has 1 aromatic carbocycles. The number of aromatic nitrogens is 1. The van der Waals surface area contributed by atoms with Crippen molar-refractivity contribution in [2.24, 2.45) is 5.92 Å². The Kier molecular flexibility index (Phi) is 3.44. The number of benzene rings is 1. The highest BCUT2D eigenvalue weighted by atomic mass is 32.3. The fraction of sp³-hybridized carbons (Fsp3) is 0.357. The fourth-order valence-corrected chi connectivity index (χ4v) is 3.68. The van der Waals surface area contributed by atoms with Crippen LogP contribution < -0.4 is 0 Å². The lowest BCUT2D eigenvalue weighted by Crippen LogP contribution is -2.25. The first kappa shape index (κ1) is 14.1. The number of carbonyl (C=O) groups is 1. The van der Waals surface area contributed by atoms with Crippen molar-refractivity contribution in [2.75, 3.05) is 12.3 Å². The molecule has 1 saturated heterocycles. The summed E-state index contributed by atoms with van der Waals surface area (Å²) in [6.07, 6.45) is 1.92. The van der Waals surface area contributed by atoms with E-state index in [2.05, 4.69) is 4.98 Å². The maximum Gasteiger partial charge on any atom is 0.302 e. The zero-order chi connectivity index (χ0) is 15.0. The normalized spacial score (nSPS) is 19.6. The van der Waals surface area contributed by atoms with E-state index in [1.807, 2.05) is 30.5 Å². The minimum Gasteiger partial charge on any atom is -0.361 e. The molecule has 0 spiro atoms. The topological polar surface area (TPSA) is 70.2 Å². The van der Waals surface area contributed by atoms with E-state index < -0.39 is 21.9 Å². The molecule has 0 radical (unpaired) electrons. The number of carbonyl (C=O) groups excluding carboxylic acids is 1. The molecule has 1 aliphatic heterocycles. The number of likely N-dealkylation sites (tertiary alicyclic amines) is 1. The fourth-order valence-electron chi connectivity index (χ4n) is 2.89. The van der Waals surface area contributed by atoms with Crippen molar-refractivity contribution in [3.63, 3.8) is 0 Å². The van der Waals surface area contributed by atoms with E-state index in [9.17, 15) is 17.1 Å². The Labute approximate surface area is 122 Å². The van der Waals surface area contributed by atoms with Crippen molar-refractivity contribution in [3.8, 4) is 0 Å². The Bertz CT molecular complexity index is 784. The molecular weight excluding hydrogens is 295 g/mol. The van der Waals surface area contributed by atoms with Crippen molar-refractivity contribution in [1.29, 1.82) is 0 Å². The average molecular weight is 310 g/mol. The van der Waals surface area contributed by atoms with Gasteiger partial charge in [0.25, 0.3) is 0 Å². The van der Waals surface area contributed by atoms with E-state index in [1.165, 1.54) is 0 Å². The van der Waals surface area contributed by atoms with Gasteiger partial charge in [0.15, 0.2) is 0 Å². The van der Waals surface area contributed by atoms with Crippen LogP contribution in [0.4, 0.5) is 3.89 Å². The summed E-state index contributed by atoms with van der Waals surface area (Å²) in [4.78, 5) is 16.6. The van der Waals surface area contributed by atoms with Crippen molar-refractivity contribution in [3.05, 3.63) is 36.0 Å². The van der Waals surface area contributed by atoms with Gasteiger partial charge < -0.3 is 9.88 Å². The minimum absolute atomic E-state index is 0.0895. The number of halogens is 1. The molecule has 0 bridgehead atoms. The monoisotopic (exact) mass is 310 g/mol. The highest BCUT2D eigenvalue weighted by molar-refractivity contribution is 7.86. The van der Waals surface area contributed by atoms with Crippen LogP contribution in [0.5, 0.6) is 0 Å². The number of nitrogens with one attached hydrogen (secondary N) is 1. The number of nitrogens with zero attached hydrogens (tertiary/aromatic N) is 1. The van der Waals surface area contributed by atoms with Crippen LogP contribution >= 0.6 is 0 Å². The third-order valence-corrected chi connectivity index (χ3v) is 4.65. The molecule has 1 unspecified atom stereocenters. The Morgan fingerprint density at radius 1 is 1.33 bits per heavy atom. The first-order valence-electron chi connectivity index (χ1n) is 6.67. The maximum absolute atomic E-state index is 12.7. The second kappa shape index (κ2) is 5.14. The van der Waals surface area contributed by atoms with Gasteiger partial charge in [0, 0.05) is 42.5 Å². The highest BCUT2D eigenvalue weighted by Crippen LogP contribution is 2.25. The Balaban J connectivity index is 1.76. The molecule has 2 aromatic rings. The molecule has 1 fully saturated rings. The van der Waals surface area contributed by atoms with E-state index in [4.69, 9.17) is 0 Å². The van der Waals surface area contributed by atoms with Gasteiger partial charge in [-0.25, -0.2) is 0 Å². The smallest absolute Gasteiger partial charge is 0.302 e. The maximum atomic E-state index is 12.7. The van der Waals surface area contributed by atoms with E-state index in [0.717, 1.165) is 16.5 Å². The SMILES string of the molecule is O=C1CC(CS(=O)(=O)F)CN1Cc1cccc2[nH]ccc12. The molecule has 2 heterocycles. The van der Waals surface area contributed by atoms with E-state index in [-0.39, 0.29) is 18.9 Å². The molecule has 5 nitrogen and oxygen atoms in total. The molecule has 1 N–H and O–H groups in total. The van der Waals surface area contributed by atoms with Crippen LogP contribution in [0.3, 0.4) is 0 Å². The standard InChI is InChI=1S/C14H15FN2O3S/c15-21(19,20)9-10-6-14(18)17(7-10)8-11-2-1-3-13-12(11)4-5-16-13/h1-5,10,16H,6-9H2. The summed E-state index contributed by atoms with van der Waals surface area (Å²) >= 11 is 0. The quantitative estimate of drug-likeness (QED) is 0.876. The van der Waals surface area contributed by atoms with Crippen molar-refractivity contribution >= 4 is 27.0 Å². The van der Waals surface area contributed by atoms with Gasteiger partial charge in [-0.1, -0.05) is 12.1 Å². The molecule has 1 aliphatic rings. The molecule has 3 rings (SSSR count). The lowest BCUT2D eigenvalue weighted by Gasteiger charge is -2.17. The summed E-state index contributed by atoms with van der Waals surface area (Å²) in [6, 6.07) is 7.72. The Morgan fingerprint density at radius 3 is 2.90 bits per heavy atom. The van der Waals surface area contributed by atoms with Gasteiger partial charge in [0.2, 0.25) is 5.91 Å².